The van der Waals surface area contributed by atoms with Crippen molar-refractivity contribution in [1.82, 2.24) is 4.98 Å². The van der Waals surface area contributed by atoms with Gasteiger partial charge in [0.2, 0.25) is 0 Å². The van der Waals surface area contributed by atoms with Crippen LogP contribution < -0.4 is 9.46 Å². The second kappa shape index (κ2) is 7.42. The van der Waals surface area contributed by atoms with Crippen LogP contribution in [0.25, 0.3) is 22.0 Å². The Morgan fingerprint density at radius 1 is 0.900 bits per heavy atom. The van der Waals surface area contributed by atoms with E-state index in [1.54, 1.807) is 18.2 Å². The lowest BCUT2D eigenvalue weighted by Gasteiger charge is -2.11. The number of sulfonamides is 1. The summed E-state index contributed by atoms with van der Waals surface area (Å²) in [5.41, 5.74) is 3.06. The van der Waals surface area contributed by atoms with Gasteiger partial charge in [0.1, 0.15) is 5.75 Å². The fourth-order valence-corrected chi connectivity index (χ4v) is 4.12. The molecule has 4 aromatic rings. The Morgan fingerprint density at radius 2 is 1.60 bits per heavy atom. The number of fused-ring (bicyclic) bond motifs is 1. The number of anilines is 1. The van der Waals surface area contributed by atoms with Gasteiger partial charge in [-0.25, -0.2) is 8.42 Å². The van der Waals surface area contributed by atoms with Crippen molar-refractivity contribution in [3.63, 3.8) is 0 Å². The Kier molecular flexibility index (Phi) is 4.90. The van der Waals surface area contributed by atoms with Crippen molar-refractivity contribution in [2.24, 2.45) is 0 Å². The maximum absolute atomic E-state index is 12.6. The predicted molar refractivity (Wildman–Crippen MR) is 108 cm³/mol. The average Bonchev–Trinajstić information content (AvgIpc) is 3.11. The number of aromatic nitrogens is 1. The fraction of sp³-hybridized carbons (Fsp3) is 0.0476. The van der Waals surface area contributed by atoms with E-state index in [1.165, 1.54) is 0 Å². The molecule has 0 bridgehead atoms. The molecule has 0 saturated heterocycles. The lowest BCUT2D eigenvalue weighted by Crippen LogP contribution is -2.17. The molecule has 30 heavy (non-hydrogen) atoms. The molecule has 4 rings (SSSR count). The lowest BCUT2D eigenvalue weighted by molar-refractivity contribution is -0.274. The van der Waals surface area contributed by atoms with E-state index in [0.29, 0.717) is 5.69 Å². The highest BCUT2D eigenvalue weighted by molar-refractivity contribution is 7.92. The van der Waals surface area contributed by atoms with E-state index in [9.17, 15) is 21.6 Å². The molecule has 0 saturated carbocycles. The van der Waals surface area contributed by atoms with Crippen molar-refractivity contribution in [2.45, 2.75) is 11.3 Å². The van der Waals surface area contributed by atoms with E-state index in [0.717, 1.165) is 46.3 Å². The van der Waals surface area contributed by atoms with Gasteiger partial charge in [0.15, 0.2) is 0 Å². The molecule has 1 heterocycles. The minimum Gasteiger partial charge on any atom is -0.406 e. The molecule has 5 nitrogen and oxygen atoms in total. The van der Waals surface area contributed by atoms with Crippen LogP contribution in [0.15, 0.2) is 83.9 Å². The van der Waals surface area contributed by atoms with Crippen LogP contribution in [0.2, 0.25) is 0 Å². The zero-order valence-electron chi connectivity index (χ0n) is 15.3. The van der Waals surface area contributed by atoms with Crippen LogP contribution in [0.3, 0.4) is 0 Å². The van der Waals surface area contributed by atoms with E-state index in [4.69, 9.17) is 0 Å². The molecular formula is C21H15F3N2O3S. The van der Waals surface area contributed by atoms with Gasteiger partial charge in [0, 0.05) is 28.4 Å². The van der Waals surface area contributed by atoms with Gasteiger partial charge in [0.25, 0.3) is 10.0 Å². The molecule has 0 atom stereocenters. The number of ether oxygens (including phenoxy) is 1. The van der Waals surface area contributed by atoms with Gasteiger partial charge in [-0.2, -0.15) is 0 Å². The van der Waals surface area contributed by atoms with E-state index in [-0.39, 0.29) is 4.90 Å². The van der Waals surface area contributed by atoms with Gasteiger partial charge in [-0.3, -0.25) is 4.72 Å². The summed E-state index contributed by atoms with van der Waals surface area (Å²) in [6.45, 7) is 0. The zero-order chi connectivity index (χ0) is 21.4. The van der Waals surface area contributed by atoms with Crippen LogP contribution in [0, 0.1) is 0 Å². The van der Waals surface area contributed by atoms with Gasteiger partial charge in [0.05, 0.1) is 4.90 Å². The molecule has 0 amide bonds. The van der Waals surface area contributed by atoms with Crippen molar-refractivity contribution < 1.29 is 26.3 Å². The third-order valence-corrected chi connectivity index (χ3v) is 5.78. The number of hydrogen-bond acceptors (Lipinski definition) is 3. The van der Waals surface area contributed by atoms with Crippen molar-refractivity contribution in [3.8, 4) is 16.9 Å². The van der Waals surface area contributed by atoms with Crippen molar-refractivity contribution in [2.75, 3.05) is 4.72 Å². The van der Waals surface area contributed by atoms with Crippen LogP contribution in [0.1, 0.15) is 0 Å². The van der Waals surface area contributed by atoms with E-state index in [1.807, 2.05) is 36.5 Å². The quantitative estimate of drug-likeness (QED) is 0.435. The minimum atomic E-state index is -4.85. The SMILES string of the molecule is O=S(=O)(Nc1ccc2[nH]cc(-c3ccccc3)c2c1)c1ccc(OC(F)(F)F)cc1. The molecule has 0 aliphatic rings. The number of hydrogen-bond donors (Lipinski definition) is 2. The molecule has 2 N–H and O–H groups in total. The fourth-order valence-electron chi connectivity index (χ4n) is 3.08. The van der Waals surface area contributed by atoms with Gasteiger partial charge >= 0.3 is 6.36 Å². The molecular weight excluding hydrogens is 417 g/mol. The van der Waals surface area contributed by atoms with Crippen LogP contribution >= 0.6 is 0 Å². The lowest BCUT2D eigenvalue weighted by atomic mass is 10.0. The molecule has 9 heteroatoms. The van der Waals surface area contributed by atoms with Crippen molar-refractivity contribution >= 4 is 26.6 Å². The third-order valence-electron chi connectivity index (χ3n) is 4.39. The first kappa shape index (κ1) is 19.8. The number of aromatic amines is 1. The number of rotatable bonds is 5. The van der Waals surface area contributed by atoms with E-state index >= 15 is 0 Å². The van der Waals surface area contributed by atoms with Crippen molar-refractivity contribution in [1.29, 1.82) is 0 Å². The van der Waals surface area contributed by atoms with Crippen LogP contribution in [-0.4, -0.2) is 19.8 Å². The van der Waals surface area contributed by atoms with Crippen LogP contribution in [0.5, 0.6) is 5.75 Å². The largest absolute Gasteiger partial charge is 0.573 e. The summed E-state index contributed by atoms with van der Waals surface area (Å²) in [6, 6.07) is 18.7. The van der Waals surface area contributed by atoms with E-state index in [2.05, 4.69) is 14.4 Å². The molecule has 0 radical (unpaired) electrons. The summed E-state index contributed by atoms with van der Waals surface area (Å²) in [7, 11) is -4.00. The van der Waals surface area contributed by atoms with Crippen LogP contribution in [0.4, 0.5) is 18.9 Å². The average molecular weight is 432 g/mol. The number of benzene rings is 3. The standard InChI is InChI=1S/C21H15F3N2O3S/c22-21(23,24)29-16-7-9-17(10-8-16)30(27,28)26-15-6-11-20-18(12-15)19(13-25-20)14-4-2-1-3-5-14/h1-13,25-26H. The first-order chi connectivity index (χ1) is 14.2. The number of nitrogens with one attached hydrogen (secondary N) is 2. The Hall–Kier alpha value is -3.46. The van der Waals surface area contributed by atoms with Gasteiger partial charge in [-0.05, 0) is 48.0 Å². The minimum absolute atomic E-state index is 0.186. The molecule has 154 valence electrons. The smallest absolute Gasteiger partial charge is 0.406 e. The molecule has 0 aliphatic carbocycles. The Bertz CT molecular complexity index is 1280. The Labute approximate surface area is 170 Å². The summed E-state index contributed by atoms with van der Waals surface area (Å²) in [6.07, 6.45) is -3.00. The van der Waals surface area contributed by atoms with Gasteiger partial charge in [-0.1, -0.05) is 30.3 Å². The summed E-state index contributed by atoms with van der Waals surface area (Å²) < 4.78 is 68.3. The molecule has 0 unspecified atom stereocenters. The molecule has 0 aliphatic heterocycles. The van der Waals surface area contributed by atoms with Gasteiger partial charge in [-0.15, -0.1) is 13.2 Å². The summed E-state index contributed by atoms with van der Waals surface area (Å²) >= 11 is 0. The highest BCUT2D eigenvalue weighted by Crippen LogP contribution is 2.31. The normalized spacial score (nSPS) is 12.1. The second-order valence-electron chi connectivity index (χ2n) is 6.45. The number of alkyl halides is 3. The monoisotopic (exact) mass is 432 g/mol. The first-order valence-corrected chi connectivity index (χ1v) is 10.2. The highest BCUT2D eigenvalue weighted by Gasteiger charge is 2.31. The summed E-state index contributed by atoms with van der Waals surface area (Å²) in [5, 5.41) is 0.829. The van der Waals surface area contributed by atoms with E-state index < -0.39 is 22.1 Å². The molecule has 3 aromatic carbocycles. The van der Waals surface area contributed by atoms with Crippen molar-refractivity contribution in [3.05, 3.63) is 79.0 Å². The first-order valence-electron chi connectivity index (χ1n) is 8.76. The third kappa shape index (κ3) is 4.25. The Morgan fingerprint density at radius 3 is 2.27 bits per heavy atom. The molecule has 0 fully saturated rings. The topological polar surface area (TPSA) is 71.2 Å². The zero-order valence-corrected chi connectivity index (χ0v) is 16.1. The maximum Gasteiger partial charge on any atom is 0.573 e. The predicted octanol–water partition coefficient (Wildman–Crippen LogP) is 5.53. The maximum atomic E-state index is 12.6. The summed E-state index contributed by atoms with van der Waals surface area (Å²) in [5.74, 6) is -0.498. The number of H-pyrrole nitrogens is 1. The Balaban J connectivity index is 1.61. The molecule has 1 aromatic heterocycles. The number of halogens is 3. The van der Waals surface area contributed by atoms with Crippen LogP contribution in [-0.2, 0) is 10.0 Å². The second-order valence-corrected chi connectivity index (χ2v) is 8.14. The van der Waals surface area contributed by atoms with Gasteiger partial charge < -0.3 is 9.72 Å². The summed E-state index contributed by atoms with van der Waals surface area (Å²) in [4.78, 5) is 2.96. The molecule has 0 spiro atoms. The highest BCUT2D eigenvalue weighted by atomic mass is 32.2.